The standard InChI is InChI=1S/C9H9N5S/c1-7-12-13-9(15)14(7)11-6-8-4-2-3-5-10-8/h2-6H,1H3,(H,13,15). The largest absolute Gasteiger partial charge is 0.255 e. The van der Waals surface area contributed by atoms with Gasteiger partial charge in [0.2, 0.25) is 4.77 Å². The molecule has 2 rings (SSSR count). The molecule has 2 heterocycles. The molecular formula is C9H9N5S. The van der Waals surface area contributed by atoms with Crippen molar-refractivity contribution >= 4 is 18.4 Å². The predicted molar refractivity (Wildman–Crippen MR) is 59.4 cm³/mol. The zero-order chi connectivity index (χ0) is 10.7. The fourth-order valence-electron chi connectivity index (χ4n) is 1.08. The summed E-state index contributed by atoms with van der Waals surface area (Å²) in [7, 11) is 0. The van der Waals surface area contributed by atoms with Crippen LogP contribution in [0.3, 0.4) is 0 Å². The third-order valence-corrected chi connectivity index (χ3v) is 2.07. The average Bonchev–Trinajstić information content (AvgIpc) is 2.58. The third kappa shape index (κ3) is 2.16. The molecule has 0 saturated heterocycles. The van der Waals surface area contributed by atoms with Gasteiger partial charge in [-0.25, -0.2) is 0 Å². The summed E-state index contributed by atoms with van der Waals surface area (Å²) >= 11 is 5.00. The first-order valence-corrected chi connectivity index (χ1v) is 4.77. The lowest BCUT2D eigenvalue weighted by Gasteiger charge is -1.93. The Labute approximate surface area is 91.5 Å². The number of rotatable bonds is 2. The molecule has 76 valence electrons. The smallest absolute Gasteiger partial charge is 0.216 e. The number of hydrogen-bond acceptors (Lipinski definition) is 4. The van der Waals surface area contributed by atoms with Crippen LogP contribution in [-0.2, 0) is 0 Å². The first-order chi connectivity index (χ1) is 7.27. The molecule has 0 aliphatic rings. The normalized spacial score (nSPS) is 11.0. The van der Waals surface area contributed by atoms with Crippen molar-refractivity contribution in [2.75, 3.05) is 0 Å². The van der Waals surface area contributed by atoms with Crippen molar-refractivity contribution in [3.63, 3.8) is 0 Å². The molecule has 1 N–H and O–H groups in total. The Morgan fingerprint density at radius 3 is 3.00 bits per heavy atom. The first-order valence-electron chi connectivity index (χ1n) is 4.37. The van der Waals surface area contributed by atoms with Crippen LogP contribution in [0.2, 0.25) is 0 Å². The van der Waals surface area contributed by atoms with E-state index in [0.29, 0.717) is 10.6 Å². The summed E-state index contributed by atoms with van der Waals surface area (Å²) in [6.45, 7) is 1.82. The van der Waals surface area contributed by atoms with Gasteiger partial charge in [0.15, 0.2) is 0 Å². The van der Waals surface area contributed by atoms with Gasteiger partial charge in [-0.3, -0.25) is 10.1 Å². The SMILES string of the molecule is Cc1n[nH]c(=S)n1N=Cc1ccccn1. The highest BCUT2D eigenvalue weighted by molar-refractivity contribution is 7.71. The van der Waals surface area contributed by atoms with Crippen molar-refractivity contribution in [3.05, 3.63) is 40.7 Å². The maximum atomic E-state index is 5.00. The van der Waals surface area contributed by atoms with Gasteiger partial charge in [-0.15, -0.1) is 0 Å². The Hall–Kier alpha value is -1.82. The molecular weight excluding hydrogens is 210 g/mol. The summed E-state index contributed by atoms with van der Waals surface area (Å²) in [4.78, 5) is 4.11. The van der Waals surface area contributed by atoms with Crippen molar-refractivity contribution in [2.45, 2.75) is 6.92 Å². The number of aromatic nitrogens is 4. The van der Waals surface area contributed by atoms with Gasteiger partial charge in [0.25, 0.3) is 0 Å². The second-order valence-electron chi connectivity index (χ2n) is 2.89. The lowest BCUT2D eigenvalue weighted by molar-refractivity contribution is 0.820. The molecule has 0 radical (unpaired) electrons. The number of hydrogen-bond donors (Lipinski definition) is 1. The molecule has 0 atom stereocenters. The summed E-state index contributed by atoms with van der Waals surface area (Å²) in [6.07, 6.45) is 3.35. The molecule has 0 aliphatic carbocycles. The molecule has 0 bridgehead atoms. The predicted octanol–water partition coefficient (Wildman–Crippen LogP) is 1.53. The number of H-pyrrole nitrogens is 1. The molecule has 0 amide bonds. The molecule has 2 aromatic rings. The Bertz CT molecular complexity index is 525. The molecule has 0 fully saturated rings. The van der Waals surface area contributed by atoms with Crippen molar-refractivity contribution in [2.24, 2.45) is 5.10 Å². The van der Waals surface area contributed by atoms with E-state index in [4.69, 9.17) is 12.2 Å². The molecule has 0 aliphatic heterocycles. The minimum atomic E-state index is 0.472. The van der Waals surface area contributed by atoms with Crippen LogP contribution in [0.15, 0.2) is 29.5 Å². The van der Waals surface area contributed by atoms with Gasteiger partial charge in [-0.1, -0.05) is 6.07 Å². The number of pyridine rings is 1. The maximum absolute atomic E-state index is 5.00. The third-order valence-electron chi connectivity index (χ3n) is 1.81. The fraction of sp³-hybridized carbons (Fsp3) is 0.111. The fourth-order valence-corrected chi connectivity index (χ4v) is 1.30. The van der Waals surface area contributed by atoms with Crippen LogP contribution in [0, 0.1) is 11.7 Å². The van der Waals surface area contributed by atoms with Gasteiger partial charge in [0.05, 0.1) is 11.9 Å². The Morgan fingerprint density at radius 1 is 1.53 bits per heavy atom. The summed E-state index contributed by atoms with van der Waals surface area (Å²) in [5.41, 5.74) is 0.778. The van der Waals surface area contributed by atoms with E-state index in [0.717, 1.165) is 5.69 Å². The molecule has 2 aromatic heterocycles. The van der Waals surface area contributed by atoms with Crippen molar-refractivity contribution in [3.8, 4) is 0 Å². The van der Waals surface area contributed by atoms with E-state index < -0.39 is 0 Å². The lowest BCUT2D eigenvalue weighted by atomic mass is 10.4. The van der Waals surface area contributed by atoms with Crippen molar-refractivity contribution in [1.82, 2.24) is 19.9 Å². The number of aromatic amines is 1. The quantitative estimate of drug-likeness (QED) is 0.615. The van der Waals surface area contributed by atoms with Crippen LogP contribution < -0.4 is 0 Å². The van der Waals surface area contributed by atoms with E-state index in [1.807, 2.05) is 25.1 Å². The van der Waals surface area contributed by atoms with Gasteiger partial charge in [-0.2, -0.15) is 14.9 Å². The average molecular weight is 219 g/mol. The van der Waals surface area contributed by atoms with Gasteiger partial charge in [0, 0.05) is 6.20 Å². The first kappa shape index (κ1) is 9.72. The monoisotopic (exact) mass is 219 g/mol. The molecule has 0 unspecified atom stereocenters. The zero-order valence-corrected chi connectivity index (χ0v) is 8.90. The highest BCUT2D eigenvalue weighted by atomic mass is 32.1. The zero-order valence-electron chi connectivity index (χ0n) is 8.08. The molecule has 6 heteroatoms. The summed E-state index contributed by atoms with van der Waals surface area (Å²) in [5, 5.41) is 10.8. The second kappa shape index (κ2) is 4.14. The summed E-state index contributed by atoms with van der Waals surface area (Å²) in [6, 6.07) is 5.62. The Kier molecular flexibility index (Phi) is 2.68. The number of aryl methyl sites for hydroxylation is 1. The molecule has 5 nitrogen and oxygen atoms in total. The summed E-state index contributed by atoms with van der Waals surface area (Å²) < 4.78 is 2.02. The van der Waals surface area contributed by atoms with Gasteiger partial charge in [-0.05, 0) is 31.3 Å². The van der Waals surface area contributed by atoms with Gasteiger partial charge >= 0.3 is 0 Å². The van der Waals surface area contributed by atoms with E-state index >= 15 is 0 Å². The van der Waals surface area contributed by atoms with Crippen LogP contribution in [0.25, 0.3) is 0 Å². The van der Waals surface area contributed by atoms with Crippen LogP contribution in [-0.4, -0.2) is 26.1 Å². The van der Waals surface area contributed by atoms with Crippen LogP contribution >= 0.6 is 12.2 Å². The van der Waals surface area contributed by atoms with Crippen molar-refractivity contribution < 1.29 is 0 Å². The second-order valence-corrected chi connectivity index (χ2v) is 3.27. The van der Waals surface area contributed by atoms with E-state index in [1.54, 1.807) is 17.1 Å². The number of nitrogens with zero attached hydrogens (tertiary/aromatic N) is 4. The topological polar surface area (TPSA) is 58.9 Å². The Morgan fingerprint density at radius 2 is 2.40 bits per heavy atom. The number of nitrogens with one attached hydrogen (secondary N) is 1. The van der Waals surface area contributed by atoms with Crippen LogP contribution in [0.4, 0.5) is 0 Å². The minimum Gasteiger partial charge on any atom is -0.255 e. The highest BCUT2D eigenvalue weighted by Gasteiger charge is 1.96. The van der Waals surface area contributed by atoms with Crippen LogP contribution in [0.5, 0.6) is 0 Å². The summed E-state index contributed by atoms with van der Waals surface area (Å²) in [5.74, 6) is 0.715. The molecule has 0 aromatic carbocycles. The van der Waals surface area contributed by atoms with E-state index in [9.17, 15) is 0 Å². The van der Waals surface area contributed by atoms with Gasteiger partial charge < -0.3 is 0 Å². The Balaban J connectivity index is 2.30. The molecule has 15 heavy (non-hydrogen) atoms. The van der Waals surface area contributed by atoms with Gasteiger partial charge in [0.1, 0.15) is 5.82 Å². The minimum absolute atomic E-state index is 0.472. The lowest BCUT2D eigenvalue weighted by Crippen LogP contribution is -1.94. The molecule has 0 spiro atoms. The van der Waals surface area contributed by atoms with Crippen LogP contribution in [0.1, 0.15) is 11.5 Å². The maximum Gasteiger partial charge on any atom is 0.216 e. The van der Waals surface area contributed by atoms with E-state index in [2.05, 4.69) is 20.3 Å². The highest BCUT2D eigenvalue weighted by Crippen LogP contribution is 1.95. The van der Waals surface area contributed by atoms with Crippen molar-refractivity contribution in [1.29, 1.82) is 0 Å². The molecule has 0 saturated carbocycles. The van der Waals surface area contributed by atoms with E-state index in [1.165, 1.54) is 0 Å². The van der Waals surface area contributed by atoms with E-state index in [-0.39, 0.29) is 0 Å².